The fraction of sp³-hybridized carbons (Fsp3) is 1.00. The Morgan fingerprint density at radius 3 is 1.10 bits per heavy atom. The van der Waals surface area contributed by atoms with Crippen molar-refractivity contribution in [2.24, 2.45) is 0 Å². The maximum Gasteiger partial charge on any atom is 0.334 e. The van der Waals surface area contributed by atoms with Crippen LogP contribution in [-0.4, -0.2) is 128 Å². The van der Waals surface area contributed by atoms with Crippen molar-refractivity contribution in [3.05, 3.63) is 0 Å². The van der Waals surface area contributed by atoms with Crippen LogP contribution in [0.4, 0.5) is 0 Å². The van der Waals surface area contributed by atoms with Gasteiger partial charge >= 0.3 is 17.1 Å². The van der Waals surface area contributed by atoms with E-state index in [9.17, 15) is 0 Å². The Labute approximate surface area is 241 Å². The van der Waals surface area contributed by atoms with E-state index in [-0.39, 0.29) is 0 Å². The molecular weight excluding hydrogens is 538 g/mol. The van der Waals surface area contributed by atoms with Gasteiger partial charge in [-0.25, -0.2) is 0 Å². The number of rotatable bonds is 31. The SMILES string of the molecule is CCOCCOCCOCCOCCOCN(CCC[Si](C)(OCC)OCC)CCC[Si](C)(OCC)OCC. The van der Waals surface area contributed by atoms with Gasteiger partial charge in [0.05, 0.1) is 59.6 Å². The van der Waals surface area contributed by atoms with Crippen LogP contribution in [0, 0.1) is 0 Å². The predicted octanol–water partition coefficient (Wildman–Crippen LogP) is 4.42. The first-order valence-corrected chi connectivity index (χ1v) is 20.1. The summed E-state index contributed by atoms with van der Waals surface area (Å²) in [6, 6.07) is 1.94. The van der Waals surface area contributed by atoms with Crippen LogP contribution in [0.5, 0.6) is 0 Å². The molecule has 0 aliphatic carbocycles. The van der Waals surface area contributed by atoms with Crippen LogP contribution in [0.15, 0.2) is 0 Å². The van der Waals surface area contributed by atoms with Gasteiger partial charge < -0.3 is 41.4 Å². The highest BCUT2D eigenvalue weighted by molar-refractivity contribution is 6.66. The summed E-state index contributed by atoms with van der Waals surface area (Å²) in [6.45, 7) is 24.9. The summed E-state index contributed by atoms with van der Waals surface area (Å²) in [4.78, 5) is 2.37. The molecule has 0 amide bonds. The molecule has 0 fully saturated rings. The Kier molecular flexibility index (Phi) is 26.9. The molecule has 0 spiro atoms. The molecule has 0 saturated heterocycles. The lowest BCUT2D eigenvalue weighted by Crippen LogP contribution is -2.41. The van der Waals surface area contributed by atoms with Crippen molar-refractivity contribution in [2.45, 2.75) is 72.6 Å². The summed E-state index contributed by atoms with van der Waals surface area (Å²) in [5.41, 5.74) is 0. The van der Waals surface area contributed by atoms with E-state index in [2.05, 4.69) is 18.0 Å². The second-order valence-corrected chi connectivity index (χ2v) is 16.1. The Morgan fingerprint density at radius 1 is 0.436 bits per heavy atom. The third-order valence-corrected chi connectivity index (χ3v) is 12.1. The fourth-order valence-corrected chi connectivity index (χ4v) is 8.98. The molecule has 0 aromatic carbocycles. The highest BCUT2D eigenvalue weighted by Crippen LogP contribution is 2.18. The molecule has 0 atom stereocenters. The van der Waals surface area contributed by atoms with E-state index in [1.54, 1.807) is 0 Å². The Balaban J connectivity index is 4.35. The molecule has 0 aromatic rings. The van der Waals surface area contributed by atoms with Gasteiger partial charge in [-0.05, 0) is 72.6 Å². The molecule has 0 aliphatic rings. The summed E-state index contributed by atoms with van der Waals surface area (Å²) < 4.78 is 51.9. The van der Waals surface area contributed by atoms with E-state index in [1.807, 2.05) is 34.6 Å². The van der Waals surface area contributed by atoms with Crippen LogP contribution >= 0.6 is 0 Å². The largest absolute Gasteiger partial charge is 0.395 e. The van der Waals surface area contributed by atoms with Crippen molar-refractivity contribution < 1.29 is 41.4 Å². The first-order valence-electron chi connectivity index (χ1n) is 15.0. The summed E-state index contributed by atoms with van der Waals surface area (Å²) in [5, 5.41) is 0. The number of nitrogens with zero attached hydrogens (tertiary/aromatic N) is 1. The van der Waals surface area contributed by atoms with Crippen molar-refractivity contribution in [3.8, 4) is 0 Å². The van der Waals surface area contributed by atoms with Crippen molar-refractivity contribution in [2.75, 3.05) is 106 Å². The van der Waals surface area contributed by atoms with Gasteiger partial charge in [-0.15, -0.1) is 0 Å². The van der Waals surface area contributed by atoms with Gasteiger partial charge in [-0.2, -0.15) is 0 Å². The molecule has 0 N–H and O–H groups in total. The average molecular weight is 600 g/mol. The molecule has 0 heterocycles. The lowest BCUT2D eigenvalue weighted by Gasteiger charge is -2.29. The third kappa shape index (κ3) is 23.3. The zero-order valence-electron chi connectivity index (χ0n) is 26.3. The minimum absolute atomic E-state index is 0.543. The average Bonchev–Trinajstić information content (AvgIpc) is 2.89. The van der Waals surface area contributed by atoms with Gasteiger partial charge in [0, 0.05) is 46.1 Å². The zero-order valence-corrected chi connectivity index (χ0v) is 28.3. The molecule has 236 valence electrons. The second kappa shape index (κ2) is 26.9. The molecule has 0 aromatic heterocycles. The molecule has 10 nitrogen and oxygen atoms in total. The van der Waals surface area contributed by atoms with E-state index >= 15 is 0 Å². The molecular formula is C27H61NO9Si2. The minimum Gasteiger partial charge on any atom is -0.395 e. The fourth-order valence-electron chi connectivity index (χ4n) is 4.20. The second-order valence-electron chi connectivity index (χ2n) is 9.40. The van der Waals surface area contributed by atoms with Crippen molar-refractivity contribution in [3.63, 3.8) is 0 Å². The van der Waals surface area contributed by atoms with Gasteiger partial charge in [0.1, 0.15) is 0 Å². The number of hydrogen-bond acceptors (Lipinski definition) is 10. The highest BCUT2D eigenvalue weighted by atomic mass is 28.4. The molecule has 12 heteroatoms. The summed E-state index contributed by atoms with van der Waals surface area (Å²) in [6.07, 6.45) is 2.03. The van der Waals surface area contributed by atoms with Crippen LogP contribution in [0.3, 0.4) is 0 Å². The molecule has 0 radical (unpaired) electrons. The lowest BCUT2D eigenvalue weighted by molar-refractivity contribution is -0.0262. The Morgan fingerprint density at radius 2 is 0.769 bits per heavy atom. The van der Waals surface area contributed by atoms with Crippen molar-refractivity contribution in [1.29, 1.82) is 0 Å². The quantitative estimate of drug-likeness (QED) is 0.0649. The first-order chi connectivity index (χ1) is 18.9. The Hall–Kier alpha value is 0.0338. The van der Waals surface area contributed by atoms with Gasteiger partial charge in [-0.1, -0.05) is 0 Å². The smallest absolute Gasteiger partial charge is 0.334 e. The molecule has 0 rings (SSSR count). The van der Waals surface area contributed by atoms with E-state index in [0.717, 1.165) is 38.0 Å². The topological polar surface area (TPSA) is 86.3 Å². The van der Waals surface area contributed by atoms with E-state index in [0.29, 0.717) is 92.6 Å². The van der Waals surface area contributed by atoms with Crippen molar-refractivity contribution in [1.82, 2.24) is 4.90 Å². The van der Waals surface area contributed by atoms with Crippen LogP contribution < -0.4 is 0 Å². The molecule has 0 aliphatic heterocycles. The molecule has 0 bridgehead atoms. The summed E-state index contributed by atoms with van der Waals surface area (Å²) in [5.74, 6) is 0. The van der Waals surface area contributed by atoms with Crippen LogP contribution in [-0.2, 0) is 41.4 Å². The lowest BCUT2D eigenvalue weighted by atomic mass is 10.4. The van der Waals surface area contributed by atoms with E-state index in [4.69, 9.17) is 41.4 Å². The van der Waals surface area contributed by atoms with Gasteiger partial charge in [0.2, 0.25) is 0 Å². The third-order valence-electron chi connectivity index (χ3n) is 5.98. The van der Waals surface area contributed by atoms with Crippen LogP contribution in [0.1, 0.15) is 47.5 Å². The minimum atomic E-state index is -2.12. The van der Waals surface area contributed by atoms with E-state index < -0.39 is 17.1 Å². The first kappa shape index (κ1) is 39.0. The maximum absolute atomic E-state index is 6.02. The van der Waals surface area contributed by atoms with Crippen molar-refractivity contribution >= 4 is 17.1 Å². The monoisotopic (exact) mass is 599 g/mol. The van der Waals surface area contributed by atoms with Gasteiger partial charge in [0.25, 0.3) is 0 Å². The molecule has 39 heavy (non-hydrogen) atoms. The zero-order chi connectivity index (χ0) is 29.1. The van der Waals surface area contributed by atoms with E-state index in [1.165, 1.54) is 0 Å². The maximum atomic E-state index is 6.02. The van der Waals surface area contributed by atoms with Gasteiger partial charge in [0.15, 0.2) is 0 Å². The predicted molar refractivity (Wildman–Crippen MR) is 160 cm³/mol. The van der Waals surface area contributed by atoms with Crippen LogP contribution in [0.25, 0.3) is 0 Å². The number of ether oxygens (including phenoxy) is 5. The summed E-state index contributed by atoms with van der Waals surface area (Å²) >= 11 is 0. The van der Waals surface area contributed by atoms with Gasteiger partial charge in [-0.3, -0.25) is 4.90 Å². The van der Waals surface area contributed by atoms with Crippen LogP contribution in [0.2, 0.25) is 25.2 Å². The normalized spacial score (nSPS) is 12.6. The summed E-state index contributed by atoms with van der Waals surface area (Å²) in [7, 11) is -4.24. The standard InChI is InChI=1S/C27H61NO9Si2/c1-8-29-17-18-30-19-20-31-21-22-32-23-24-33-27-28(15-13-25-38(6,34-9-2)35-10-3)16-14-26-39(7,36-11-4)37-12-5/h8-27H2,1-7H3. The highest BCUT2D eigenvalue weighted by Gasteiger charge is 2.31. The molecule has 0 saturated carbocycles. The number of hydrogen-bond donors (Lipinski definition) is 0. The Bertz CT molecular complexity index is 484. The molecule has 0 unspecified atom stereocenters.